The topological polar surface area (TPSA) is 48.1 Å². The maximum atomic E-state index is 13.2. The van der Waals surface area contributed by atoms with Gasteiger partial charge in [0.15, 0.2) is 0 Å². The Morgan fingerprint density at radius 3 is 2.83 bits per heavy atom. The maximum absolute atomic E-state index is 13.2. The largest absolute Gasteiger partial charge is 0.484 e. The Morgan fingerprint density at radius 1 is 1.39 bits per heavy atom. The van der Waals surface area contributed by atoms with Crippen LogP contribution in [0.5, 0.6) is 5.75 Å². The third-order valence-corrected chi connectivity index (χ3v) is 2.84. The molecule has 0 aliphatic heterocycles. The quantitative estimate of drug-likeness (QED) is 0.944. The van der Waals surface area contributed by atoms with Gasteiger partial charge < -0.3 is 10.5 Å². The second kappa shape index (κ2) is 5.93. The monoisotopic (exact) mass is 310 g/mol. The summed E-state index contributed by atoms with van der Waals surface area (Å²) in [5.41, 5.74) is 6.53. The van der Waals surface area contributed by atoms with Crippen molar-refractivity contribution >= 4 is 15.9 Å². The number of nitrogens with two attached hydrogens (primary N) is 1. The fourth-order valence-corrected chi connectivity index (χ4v) is 2.02. The molecule has 2 aromatic rings. The van der Waals surface area contributed by atoms with E-state index in [4.69, 9.17) is 10.5 Å². The fraction of sp³-hybridized carbons (Fsp3) is 0.154. The molecule has 94 valence electrons. The first-order valence-corrected chi connectivity index (χ1v) is 6.21. The molecule has 0 aliphatic rings. The number of benzene rings is 1. The average molecular weight is 311 g/mol. The minimum Gasteiger partial charge on any atom is -0.484 e. The van der Waals surface area contributed by atoms with Crippen molar-refractivity contribution in [1.82, 2.24) is 4.98 Å². The first kappa shape index (κ1) is 13.0. The normalized spacial score (nSPS) is 12.2. The molecule has 0 spiro atoms. The highest BCUT2D eigenvalue weighted by molar-refractivity contribution is 9.10. The number of rotatable bonds is 4. The number of aromatic nitrogens is 1. The van der Waals surface area contributed by atoms with Crippen molar-refractivity contribution in [3.05, 3.63) is 58.6 Å². The molecule has 0 aliphatic carbocycles. The predicted molar refractivity (Wildman–Crippen MR) is 70.8 cm³/mol. The van der Waals surface area contributed by atoms with Gasteiger partial charge in [-0.25, -0.2) is 4.39 Å². The van der Waals surface area contributed by atoms with Crippen molar-refractivity contribution in [3.8, 4) is 5.75 Å². The summed E-state index contributed by atoms with van der Waals surface area (Å²) in [6.07, 6.45) is 3.02. The van der Waals surface area contributed by atoms with Crippen LogP contribution in [0.1, 0.15) is 11.7 Å². The fourth-order valence-electron chi connectivity index (χ4n) is 1.58. The highest BCUT2D eigenvalue weighted by atomic mass is 79.9. The van der Waals surface area contributed by atoms with Gasteiger partial charge in [-0.3, -0.25) is 4.98 Å². The Bertz CT molecular complexity index is 501. The Kier molecular flexibility index (Phi) is 4.28. The van der Waals surface area contributed by atoms with Crippen LogP contribution in [0, 0.1) is 5.82 Å². The zero-order chi connectivity index (χ0) is 13.0. The lowest BCUT2D eigenvalue weighted by Gasteiger charge is -2.17. The molecular weight excluding hydrogens is 299 g/mol. The van der Waals surface area contributed by atoms with Gasteiger partial charge in [0.1, 0.15) is 17.7 Å². The van der Waals surface area contributed by atoms with Gasteiger partial charge in [-0.05, 0) is 18.2 Å². The van der Waals surface area contributed by atoms with Crippen LogP contribution in [0.4, 0.5) is 4.39 Å². The van der Waals surface area contributed by atoms with Crippen molar-refractivity contribution in [2.24, 2.45) is 5.73 Å². The van der Waals surface area contributed by atoms with Crippen molar-refractivity contribution in [2.45, 2.75) is 6.10 Å². The van der Waals surface area contributed by atoms with Gasteiger partial charge in [0.2, 0.25) is 0 Å². The van der Waals surface area contributed by atoms with E-state index in [1.54, 1.807) is 18.5 Å². The van der Waals surface area contributed by atoms with E-state index < -0.39 is 0 Å². The van der Waals surface area contributed by atoms with Gasteiger partial charge in [-0.1, -0.05) is 22.0 Å². The molecule has 0 saturated heterocycles. The number of ether oxygens (including phenoxy) is 1. The molecule has 1 atom stereocenters. The van der Waals surface area contributed by atoms with Crippen LogP contribution < -0.4 is 10.5 Å². The molecule has 0 bridgehead atoms. The van der Waals surface area contributed by atoms with E-state index in [0.29, 0.717) is 16.8 Å². The third-order valence-electron chi connectivity index (χ3n) is 2.38. The molecular formula is C13H12BrFN2O. The second-order valence-electron chi connectivity index (χ2n) is 3.73. The molecule has 0 saturated carbocycles. The number of halogens is 2. The molecule has 18 heavy (non-hydrogen) atoms. The van der Waals surface area contributed by atoms with Gasteiger partial charge in [-0.15, -0.1) is 0 Å². The van der Waals surface area contributed by atoms with Crippen LogP contribution in [0.3, 0.4) is 0 Å². The zero-order valence-corrected chi connectivity index (χ0v) is 11.1. The molecule has 0 amide bonds. The summed E-state index contributed by atoms with van der Waals surface area (Å²) in [6.45, 7) is 0.291. The van der Waals surface area contributed by atoms with Crippen LogP contribution in [0.15, 0.2) is 47.2 Å². The number of hydrogen-bond donors (Lipinski definition) is 1. The van der Waals surface area contributed by atoms with Crippen LogP contribution in [0.2, 0.25) is 0 Å². The summed E-state index contributed by atoms with van der Waals surface area (Å²) < 4.78 is 19.5. The Balaban J connectivity index is 2.20. The summed E-state index contributed by atoms with van der Waals surface area (Å²) >= 11 is 3.22. The van der Waals surface area contributed by atoms with Gasteiger partial charge in [0, 0.05) is 35.0 Å². The number of hydrogen-bond acceptors (Lipinski definition) is 3. The zero-order valence-electron chi connectivity index (χ0n) is 9.51. The lowest BCUT2D eigenvalue weighted by atomic mass is 10.1. The molecule has 2 N–H and O–H groups in total. The van der Waals surface area contributed by atoms with Crippen molar-refractivity contribution < 1.29 is 9.13 Å². The van der Waals surface area contributed by atoms with Crippen LogP contribution in [-0.4, -0.2) is 11.5 Å². The van der Waals surface area contributed by atoms with E-state index in [1.165, 1.54) is 12.1 Å². The van der Waals surface area contributed by atoms with E-state index in [9.17, 15) is 4.39 Å². The molecule has 5 heteroatoms. The van der Waals surface area contributed by atoms with E-state index >= 15 is 0 Å². The van der Waals surface area contributed by atoms with Crippen molar-refractivity contribution in [1.29, 1.82) is 0 Å². The molecule has 0 fully saturated rings. The maximum Gasteiger partial charge on any atom is 0.137 e. The summed E-state index contributed by atoms with van der Waals surface area (Å²) in [6, 6.07) is 8.07. The van der Waals surface area contributed by atoms with Crippen LogP contribution >= 0.6 is 15.9 Å². The van der Waals surface area contributed by atoms with E-state index in [2.05, 4.69) is 20.9 Å². The Hall–Kier alpha value is -1.46. The van der Waals surface area contributed by atoms with Gasteiger partial charge in [0.25, 0.3) is 0 Å². The van der Waals surface area contributed by atoms with Crippen LogP contribution in [-0.2, 0) is 0 Å². The average Bonchev–Trinajstić information content (AvgIpc) is 2.36. The summed E-state index contributed by atoms with van der Waals surface area (Å²) in [7, 11) is 0. The number of pyridine rings is 1. The predicted octanol–water partition coefficient (Wildman–Crippen LogP) is 3.06. The SMILES string of the molecule is NCC(Oc1cc(F)cc(Br)c1)c1cccnc1. The van der Waals surface area contributed by atoms with Gasteiger partial charge >= 0.3 is 0 Å². The highest BCUT2D eigenvalue weighted by Crippen LogP contribution is 2.25. The molecule has 2 rings (SSSR count). The Morgan fingerprint density at radius 2 is 2.22 bits per heavy atom. The summed E-state index contributed by atoms with van der Waals surface area (Å²) in [4.78, 5) is 4.01. The first-order chi connectivity index (χ1) is 8.69. The smallest absolute Gasteiger partial charge is 0.137 e. The van der Waals surface area contributed by atoms with Crippen molar-refractivity contribution in [2.75, 3.05) is 6.54 Å². The van der Waals surface area contributed by atoms with E-state index in [1.807, 2.05) is 12.1 Å². The van der Waals surface area contributed by atoms with Crippen LogP contribution in [0.25, 0.3) is 0 Å². The first-order valence-electron chi connectivity index (χ1n) is 5.42. The molecule has 1 heterocycles. The molecule has 1 aromatic carbocycles. The van der Waals surface area contributed by atoms with Gasteiger partial charge in [0.05, 0.1) is 0 Å². The summed E-state index contributed by atoms with van der Waals surface area (Å²) in [5, 5.41) is 0. The molecule has 1 unspecified atom stereocenters. The standard InChI is InChI=1S/C13H12BrFN2O/c14-10-4-11(15)6-12(5-10)18-13(7-16)9-2-1-3-17-8-9/h1-6,8,13H,7,16H2. The molecule has 1 aromatic heterocycles. The van der Waals surface area contributed by atoms with E-state index in [-0.39, 0.29) is 11.9 Å². The minimum atomic E-state index is -0.360. The molecule has 3 nitrogen and oxygen atoms in total. The van der Waals surface area contributed by atoms with E-state index in [0.717, 1.165) is 5.56 Å². The Labute approximate surface area is 113 Å². The highest BCUT2D eigenvalue weighted by Gasteiger charge is 2.12. The van der Waals surface area contributed by atoms with Crippen molar-refractivity contribution in [3.63, 3.8) is 0 Å². The summed E-state index contributed by atoms with van der Waals surface area (Å²) in [5.74, 6) is 0.0718. The van der Waals surface area contributed by atoms with Gasteiger partial charge in [-0.2, -0.15) is 0 Å². The lowest BCUT2D eigenvalue weighted by Crippen LogP contribution is -2.18. The second-order valence-corrected chi connectivity index (χ2v) is 4.65. The minimum absolute atomic E-state index is 0.291. The number of nitrogens with zero attached hydrogens (tertiary/aromatic N) is 1. The lowest BCUT2D eigenvalue weighted by molar-refractivity contribution is 0.213. The third kappa shape index (κ3) is 3.27. The molecule has 0 radical (unpaired) electrons.